The van der Waals surface area contributed by atoms with Gasteiger partial charge in [0.25, 0.3) is 0 Å². The highest BCUT2D eigenvalue weighted by molar-refractivity contribution is 5.74. The van der Waals surface area contributed by atoms with Crippen molar-refractivity contribution in [2.24, 2.45) is 12.8 Å². The van der Waals surface area contributed by atoms with Crippen molar-refractivity contribution in [3.8, 4) is 0 Å². The quantitative estimate of drug-likeness (QED) is 0.645. The molecule has 0 aliphatic heterocycles. The zero-order valence-electron chi connectivity index (χ0n) is 8.40. The van der Waals surface area contributed by atoms with Gasteiger partial charge in [-0.3, -0.25) is 4.79 Å². The van der Waals surface area contributed by atoms with Crippen molar-refractivity contribution in [1.29, 1.82) is 0 Å². The predicted octanol–water partition coefficient (Wildman–Crippen LogP) is -0.831. The maximum atomic E-state index is 10.6. The Kier molecular flexibility index (Phi) is 3.58. The van der Waals surface area contributed by atoms with E-state index in [0.717, 1.165) is 5.82 Å². The van der Waals surface area contributed by atoms with Crippen molar-refractivity contribution in [3.05, 3.63) is 12.2 Å². The third-order valence-corrected chi connectivity index (χ3v) is 1.92. The van der Waals surface area contributed by atoms with Gasteiger partial charge in [0.1, 0.15) is 12.2 Å². The summed E-state index contributed by atoms with van der Waals surface area (Å²) < 4.78 is 1.82. The third-order valence-electron chi connectivity index (χ3n) is 1.92. The summed E-state index contributed by atoms with van der Waals surface area (Å²) in [5, 5.41) is 10.8. The lowest BCUT2D eigenvalue weighted by Gasteiger charge is -2.10. The van der Waals surface area contributed by atoms with Crippen LogP contribution in [0.5, 0.6) is 0 Å². The van der Waals surface area contributed by atoms with Gasteiger partial charge in [0.2, 0.25) is 5.91 Å². The van der Waals surface area contributed by atoms with Gasteiger partial charge in [-0.2, -0.15) is 0 Å². The van der Waals surface area contributed by atoms with Crippen LogP contribution in [0, 0.1) is 0 Å². The minimum atomic E-state index is -0.303. The second kappa shape index (κ2) is 4.71. The summed E-state index contributed by atoms with van der Waals surface area (Å²) in [5.41, 5.74) is 5.06. The van der Waals surface area contributed by atoms with E-state index in [1.807, 2.05) is 18.5 Å². The molecule has 6 nitrogen and oxygen atoms in total. The fraction of sp³-hybridized carbons (Fsp3) is 0.625. The number of amides is 1. The minimum Gasteiger partial charge on any atom is -0.370 e. The van der Waals surface area contributed by atoms with Crippen molar-refractivity contribution < 1.29 is 4.79 Å². The van der Waals surface area contributed by atoms with E-state index in [1.165, 1.54) is 0 Å². The normalized spacial score (nSPS) is 12.7. The van der Waals surface area contributed by atoms with Gasteiger partial charge in [-0.1, -0.05) is 0 Å². The maximum absolute atomic E-state index is 10.6. The molecule has 1 rings (SSSR count). The molecular weight excluding hydrogens is 182 g/mol. The van der Waals surface area contributed by atoms with Crippen molar-refractivity contribution in [1.82, 2.24) is 20.1 Å². The van der Waals surface area contributed by atoms with E-state index in [2.05, 4.69) is 15.5 Å². The molecule has 0 aromatic carbocycles. The molecule has 0 bridgehead atoms. The molecule has 0 saturated carbocycles. The highest BCUT2D eigenvalue weighted by Gasteiger charge is 2.06. The van der Waals surface area contributed by atoms with Crippen LogP contribution in [0.3, 0.4) is 0 Å². The number of carbonyl (C=O) groups is 1. The van der Waals surface area contributed by atoms with Crippen molar-refractivity contribution >= 4 is 5.91 Å². The Morgan fingerprint density at radius 2 is 2.50 bits per heavy atom. The lowest BCUT2D eigenvalue weighted by atomic mass is 10.2. The third kappa shape index (κ3) is 3.14. The first-order chi connectivity index (χ1) is 6.59. The van der Waals surface area contributed by atoms with E-state index in [0.29, 0.717) is 13.0 Å². The van der Waals surface area contributed by atoms with E-state index in [4.69, 9.17) is 5.73 Å². The summed E-state index contributed by atoms with van der Waals surface area (Å²) in [7, 11) is 1.87. The molecule has 1 atom stereocenters. The first-order valence-electron chi connectivity index (χ1n) is 4.44. The number of aryl methyl sites for hydroxylation is 1. The lowest BCUT2D eigenvalue weighted by molar-refractivity contribution is -0.118. The van der Waals surface area contributed by atoms with Gasteiger partial charge in [-0.25, -0.2) is 0 Å². The highest BCUT2D eigenvalue weighted by Crippen LogP contribution is 1.94. The Labute approximate surface area is 82.5 Å². The van der Waals surface area contributed by atoms with Crippen LogP contribution in [0.25, 0.3) is 0 Å². The number of hydrogen-bond donors (Lipinski definition) is 2. The van der Waals surface area contributed by atoms with E-state index < -0.39 is 0 Å². The number of carbonyl (C=O) groups excluding carboxylic acids is 1. The number of rotatable bonds is 5. The number of primary amides is 1. The molecule has 0 radical (unpaired) electrons. The lowest BCUT2D eigenvalue weighted by Crippen LogP contribution is -2.31. The molecule has 14 heavy (non-hydrogen) atoms. The first kappa shape index (κ1) is 10.6. The van der Waals surface area contributed by atoms with Gasteiger partial charge in [0.15, 0.2) is 0 Å². The van der Waals surface area contributed by atoms with Gasteiger partial charge in [0, 0.05) is 19.5 Å². The number of nitrogens with two attached hydrogens (primary N) is 1. The molecule has 0 spiro atoms. The standard InChI is InChI=1S/C8H15N5O/c1-6(3-7(9)14)10-4-8-12-11-5-13(8)2/h5-6,10H,3-4H2,1-2H3,(H2,9,14). The molecule has 0 fully saturated rings. The largest absolute Gasteiger partial charge is 0.370 e. The summed E-state index contributed by atoms with van der Waals surface area (Å²) in [6.07, 6.45) is 1.97. The summed E-state index contributed by atoms with van der Waals surface area (Å²) in [4.78, 5) is 10.6. The highest BCUT2D eigenvalue weighted by atomic mass is 16.1. The smallest absolute Gasteiger partial charge is 0.218 e. The average molecular weight is 197 g/mol. The molecule has 1 amide bonds. The fourth-order valence-corrected chi connectivity index (χ4v) is 1.11. The Balaban J connectivity index is 2.34. The van der Waals surface area contributed by atoms with E-state index >= 15 is 0 Å². The molecule has 1 unspecified atom stereocenters. The van der Waals surface area contributed by atoms with Crippen molar-refractivity contribution in [2.45, 2.75) is 25.9 Å². The van der Waals surface area contributed by atoms with E-state index in [9.17, 15) is 4.79 Å². The second-order valence-corrected chi connectivity index (χ2v) is 3.31. The number of hydrogen-bond acceptors (Lipinski definition) is 4. The van der Waals surface area contributed by atoms with Crippen LogP contribution in [0.2, 0.25) is 0 Å². The number of aromatic nitrogens is 3. The average Bonchev–Trinajstić information content (AvgIpc) is 2.46. The summed E-state index contributed by atoms with van der Waals surface area (Å²) >= 11 is 0. The zero-order valence-corrected chi connectivity index (χ0v) is 8.40. The van der Waals surface area contributed by atoms with Gasteiger partial charge in [0.05, 0.1) is 6.54 Å². The summed E-state index contributed by atoms with van der Waals surface area (Å²) in [5.74, 6) is 0.532. The second-order valence-electron chi connectivity index (χ2n) is 3.31. The first-order valence-corrected chi connectivity index (χ1v) is 4.44. The maximum Gasteiger partial charge on any atom is 0.218 e. The topological polar surface area (TPSA) is 85.8 Å². The molecule has 1 aromatic heterocycles. The van der Waals surface area contributed by atoms with Crippen LogP contribution in [0.4, 0.5) is 0 Å². The summed E-state index contributed by atoms with van der Waals surface area (Å²) in [6.45, 7) is 2.49. The molecular formula is C8H15N5O. The fourth-order valence-electron chi connectivity index (χ4n) is 1.11. The number of nitrogens with zero attached hydrogens (tertiary/aromatic N) is 3. The molecule has 78 valence electrons. The monoisotopic (exact) mass is 197 g/mol. The molecule has 0 aliphatic carbocycles. The Bertz CT molecular complexity index is 308. The molecule has 0 aliphatic rings. The van der Waals surface area contributed by atoms with Crippen LogP contribution in [-0.2, 0) is 18.4 Å². The van der Waals surface area contributed by atoms with Crippen molar-refractivity contribution in [2.75, 3.05) is 0 Å². The van der Waals surface area contributed by atoms with Gasteiger partial charge in [-0.05, 0) is 6.92 Å². The van der Waals surface area contributed by atoms with E-state index in [-0.39, 0.29) is 11.9 Å². The Morgan fingerprint density at radius 1 is 1.79 bits per heavy atom. The van der Waals surface area contributed by atoms with E-state index in [1.54, 1.807) is 6.33 Å². The van der Waals surface area contributed by atoms with Gasteiger partial charge < -0.3 is 15.6 Å². The molecule has 3 N–H and O–H groups in total. The molecule has 1 aromatic rings. The van der Waals surface area contributed by atoms with Crippen molar-refractivity contribution in [3.63, 3.8) is 0 Å². The zero-order chi connectivity index (χ0) is 10.6. The minimum absolute atomic E-state index is 0.0594. The van der Waals surface area contributed by atoms with Gasteiger partial charge in [-0.15, -0.1) is 10.2 Å². The summed E-state index contributed by atoms with van der Waals surface area (Å²) in [6, 6.07) is 0.0594. The van der Waals surface area contributed by atoms with Crippen LogP contribution in [0.1, 0.15) is 19.2 Å². The predicted molar refractivity (Wildman–Crippen MR) is 51.1 cm³/mol. The van der Waals surface area contributed by atoms with Crippen LogP contribution in [0.15, 0.2) is 6.33 Å². The van der Waals surface area contributed by atoms with Gasteiger partial charge >= 0.3 is 0 Å². The Hall–Kier alpha value is -1.43. The van der Waals surface area contributed by atoms with Crippen LogP contribution < -0.4 is 11.1 Å². The Morgan fingerprint density at radius 3 is 3.00 bits per heavy atom. The SMILES string of the molecule is CC(CC(N)=O)NCc1nncn1C. The van der Waals surface area contributed by atoms with Crippen LogP contribution in [-0.4, -0.2) is 26.7 Å². The van der Waals surface area contributed by atoms with Crippen LogP contribution >= 0.6 is 0 Å². The molecule has 1 heterocycles. The molecule has 6 heteroatoms. The number of nitrogens with one attached hydrogen (secondary N) is 1. The molecule has 0 saturated heterocycles.